The zero-order valence-electron chi connectivity index (χ0n) is 18.4. The molecule has 0 saturated carbocycles. The molecule has 3 rings (SSSR count). The van der Waals surface area contributed by atoms with Crippen molar-refractivity contribution in [2.24, 2.45) is 0 Å². The lowest BCUT2D eigenvalue weighted by atomic mass is 9.83. The Morgan fingerprint density at radius 1 is 1.00 bits per heavy atom. The predicted molar refractivity (Wildman–Crippen MR) is 124 cm³/mol. The van der Waals surface area contributed by atoms with Gasteiger partial charge in [-0.25, -0.2) is 4.98 Å². The van der Waals surface area contributed by atoms with Crippen molar-refractivity contribution in [2.75, 3.05) is 14.2 Å². The van der Waals surface area contributed by atoms with Gasteiger partial charge in [-0.15, -0.1) is 0 Å². The van der Waals surface area contributed by atoms with E-state index < -0.39 is 4.92 Å². The average molecular weight is 418 g/mol. The zero-order valence-corrected chi connectivity index (χ0v) is 18.4. The van der Waals surface area contributed by atoms with E-state index in [0.717, 1.165) is 33.6 Å². The number of nitro groups is 1. The molecule has 0 spiro atoms. The molecule has 0 atom stereocenters. The zero-order chi connectivity index (χ0) is 22.6. The van der Waals surface area contributed by atoms with E-state index in [1.807, 2.05) is 30.4 Å². The molecule has 6 nitrogen and oxygen atoms in total. The van der Waals surface area contributed by atoms with Crippen LogP contribution < -0.4 is 9.47 Å². The van der Waals surface area contributed by atoms with E-state index >= 15 is 0 Å². The molecular weight excluding hydrogens is 392 g/mol. The van der Waals surface area contributed by atoms with Gasteiger partial charge in [0.15, 0.2) is 0 Å². The van der Waals surface area contributed by atoms with E-state index in [-0.39, 0.29) is 11.1 Å². The summed E-state index contributed by atoms with van der Waals surface area (Å²) < 4.78 is 11.3. The van der Waals surface area contributed by atoms with Crippen LogP contribution in [0.15, 0.2) is 54.7 Å². The summed E-state index contributed by atoms with van der Waals surface area (Å²) in [7, 11) is 3.27. The summed E-state index contributed by atoms with van der Waals surface area (Å²) >= 11 is 0. The quantitative estimate of drug-likeness (QED) is 0.273. The van der Waals surface area contributed by atoms with E-state index in [9.17, 15) is 10.1 Å². The van der Waals surface area contributed by atoms with Crippen LogP contribution in [0.4, 0.5) is 5.69 Å². The van der Waals surface area contributed by atoms with Gasteiger partial charge in [-0.3, -0.25) is 10.1 Å². The number of nitro benzene ring substituents is 1. The van der Waals surface area contributed by atoms with Crippen LogP contribution in [-0.4, -0.2) is 24.1 Å². The minimum absolute atomic E-state index is 0.0652. The number of aromatic nitrogens is 1. The van der Waals surface area contributed by atoms with Crippen molar-refractivity contribution in [3.63, 3.8) is 0 Å². The minimum Gasteiger partial charge on any atom is -0.496 e. The first-order chi connectivity index (χ1) is 14.7. The maximum absolute atomic E-state index is 10.9. The molecule has 0 N–H and O–H groups in total. The van der Waals surface area contributed by atoms with Crippen LogP contribution in [0, 0.1) is 10.1 Å². The van der Waals surface area contributed by atoms with Gasteiger partial charge < -0.3 is 9.47 Å². The number of methoxy groups -OCH3 is 2. The summed E-state index contributed by atoms with van der Waals surface area (Å²) in [5, 5.41) is 10.9. The van der Waals surface area contributed by atoms with Gasteiger partial charge in [-0.05, 0) is 52.9 Å². The SMILES string of the molecule is COc1ncccc1-c1cc(C=Cc2ccc([N+](=O)[O-])cc2)c(OC)c(C(C)(C)C)c1. The molecule has 0 aliphatic carbocycles. The lowest BCUT2D eigenvalue weighted by Gasteiger charge is -2.25. The number of pyridine rings is 1. The largest absolute Gasteiger partial charge is 0.496 e. The number of hydrogen-bond donors (Lipinski definition) is 0. The highest BCUT2D eigenvalue weighted by atomic mass is 16.6. The fourth-order valence-electron chi connectivity index (χ4n) is 3.38. The maximum atomic E-state index is 10.9. The van der Waals surface area contributed by atoms with E-state index in [1.54, 1.807) is 32.5 Å². The molecule has 2 aromatic carbocycles. The van der Waals surface area contributed by atoms with E-state index in [4.69, 9.17) is 9.47 Å². The summed E-state index contributed by atoms with van der Waals surface area (Å²) in [6, 6.07) is 14.4. The molecule has 0 radical (unpaired) electrons. The Morgan fingerprint density at radius 2 is 1.71 bits per heavy atom. The smallest absolute Gasteiger partial charge is 0.269 e. The Morgan fingerprint density at radius 3 is 2.29 bits per heavy atom. The first-order valence-electron chi connectivity index (χ1n) is 9.89. The van der Waals surface area contributed by atoms with Gasteiger partial charge in [-0.1, -0.05) is 32.9 Å². The Labute approximate surface area is 182 Å². The third-order valence-electron chi connectivity index (χ3n) is 4.96. The van der Waals surface area contributed by atoms with Crippen molar-refractivity contribution < 1.29 is 14.4 Å². The van der Waals surface area contributed by atoms with Crippen LogP contribution in [0.1, 0.15) is 37.5 Å². The highest BCUT2D eigenvalue weighted by Gasteiger charge is 2.23. The second kappa shape index (κ2) is 9.00. The summed E-state index contributed by atoms with van der Waals surface area (Å²) in [5.41, 5.74) is 4.58. The highest BCUT2D eigenvalue weighted by molar-refractivity contribution is 5.80. The number of ether oxygens (including phenoxy) is 2. The van der Waals surface area contributed by atoms with Crippen LogP contribution in [-0.2, 0) is 5.41 Å². The molecule has 1 aromatic heterocycles. The van der Waals surface area contributed by atoms with Crippen LogP contribution >= 0.6 is 0 Å². The number of hydrogen-bond acceptors (Lipinski definition) is 5. The molecule has 0 fully saturated rings. The van der Waals surface area contributed by atoms with Gasteiger partial charge >= 0.3 is 0 Å². The fraction of sp³-hybridized carbons (Fsp3) is 0.240. The number of benzene rings is 2. The number of rotatable bonds is 6. The van der Waals surface area contributed by atoms with Crippen LogP contribution in [0.25, 0.3) is 23.3 Å². The molecule has 3 aromatic rings. The van der Waals surface area contributed by atoms with Crippen molar-refractivity contribution in [1.82, 2.24) is 4.98 Å². The van der Waals surface area contributed by atoms with Gasteiger partial charge in [-0.2, -0.15) is 0 Å². The van der Waals surface area contributed by atoms with Crippen LogP contribution in [0.2, 0.25) is 0 Å². The third-order valence-corrected chi connectivity index (χ3v) is 4.96. The molecule has 0 aliphatic heterocycles. The van der Waals surface area contributed by atoms with E-state index in [2.05, 4.69) is 31.8 Å². The Bertz CT molecular complexity index is 1110. The second-order valence-corrected chi connectivity index (χ2v) is 8.14. The highest BCUT2D eigenvalue weighted by Crippen LogP contribution is 2.40. The summed E-state index contributed by atoms with van der Waals surface area (Å²) in [6.45, 7) is 6.41. The van der Waals surface area contributed by atoms with Gasteiger partial charge in [0.25, 0.3) is 5.69 Å². The van der Waals surface area contributed by atoms with Crippen molar-refractivity contribution in [2.45, 2.75) is 26.2 Å². The molecule has 0 aliphatic rings. The molecule has 160 valence electrons. The van der Waals surface area contributed by atoms with Crippen molar-refractivity contribution in [1.29, 1.82) is 0 Å². The monoisotopic (exact) mass is 418 g/mol. The molecule has 0 amide bonds. The molecular formula is C25H26N2O4. The molecule has 0 bridgehead atoms. The Balaban J connectivity index is 2.14. The summed E-state index contributed by atoms with van der Waals surface area (Å²) in [5.74, 6) is 1.34. The second-order valence-electron chi connectivity index (χ2n) is 8.14. The van der Waals surface area contributed by atoms with Gasteiger partial charge in [0.1, 0.15) is 5.75 Å². The van der Waals surface area contributed by atoms with Crippen molar-refractivity contribution in [3.8, 4) is 22.8 Å². The number of nitrogens with zero attached hydrogens (tertiary/aromatic N) is 2. The third kappa shape index (κ3) is 4.91. The molecule has 6 heteroatoms. The van der Waals surface area contributed by atoms with Crippen LogP contribution in [0.5, 0.6) is 11.6 Å². The number of non-ortho nitro benzene ring substituents is 1. The van der Waals surface area contributed by atoms with Crippen LogP contribution in [0.3, 0.4) is 0 Å². The van der Waals surface area contributed by atoms with Crippen molar-refractivity contribution >= 4 is 17.8 Å². The maximum Gasteiger partial charge on any atom is 0.269 e. The van der Waals surface area contributed by atoms with Gasteiger partial charge in [0, 0.05) is 35.0 Å². The first kappa shape index (κ1) is 22.0. The van der Waals surface area contributed by atoms with E-state index in [0.29, 0.717) is 5.88 Å². The topological polar surface area (TPSA) is 74.5 Å². The Kier molecular flexibility index (Phi) is 6.39. The summed E-state index contributed by atoms with van der Waals surface area (Å²) in [6.07, 6.45) is 5.58. The molecule has 0 saturated heterocycles. The lowest BCUT2D eigenvalue weighted by Crippen LogP contribution is -2.14. The average Bonchev–Trinajstić information content (AvgIpc) is 2.76. The fourth-order valence-corrected chi connectivity index (χ4v) is 3.38. The van der Waals surface area contributed by atoms with Gasteiger partial charge in [0.2, 0.25) is 5.88 Å². The predicted octanol–water partition coefficient (Wildman–Crippen LogP) is 6.14. The molecule has 0 unspecified atom stereocenters. The first-order valence-corrected chi connectivity index (χ1v) is 9.89. The Hall–Kier alpha value is -3.67. The molecule has 1 heterocycles. The standard InChI is InChI=1S/C25H26N2O4/c1-25(2,3)22-16-19(21-7-6-14-26-24(21)31-5)15-18(23(22)30-4)11-8-17-9-12-20(13-10-17)27(28)29/h6-16H,1-5H3. The van der Waals surface area contributed by atoms with Crippen molar-refractivity contribution in [3.05, 3.63) is 81.5 Å². The van der Waals surface area contributed by atoms with Gasteiger partial charge in [0.05, 0.1) is 19.1 Å². The lowest BCUT2D eigenvalue weighted by molar-refractivity contribution is -0.384. The molecule has 31 heavy (non-hydrogen) atoms. The minimum atomic E-state index is -0.406. The van der Waals surface area contributed by atoms with E-state index in [1.165, 1.54) is 12.1 Å². The summed E-state index contributed by atoms with van der Waals surface area (Å²) in [4.78, 5) is 14.8. The normalized spacial score (nSPS) is 11.5.